The van der Waals surface area contributed by atoms with Crippen molar-refractivity contribution in [1.82, 2.24) is 24.3 Å². The van der Waals surface area contributed by atoms with Crippen molar-refractivity contribution in [3.05, 3.63) is 48.3 Å². The highest BCUT2D eigenvalue weighted by molar-refractivity contribution is 5.89. The summed E-state index contributed by atoms with van der Waals surface area (Å²) in [5.41, 5.74) is 1.15. The van der Waals surface area contributed by atoms with Crippen molar-refractivity contribution in [2.45, 2.75) is 38.6 Å². The third kappa shape index (κ3) is 3.79. The number of pyridine rings is 1. The summed E-state index contributed by atoms with van der Waals surface area (Å²) < 4.78 is 2.19. The summed E-state index contributed by atoms with van der Waals surface area (Å²) in [6.07, 6.45) is 9.72. The summed E-state index contributed by atoms with van der Waals surface area (Å²) in [5.74, 6) is 1.52. The van der Waals surface area contributed by atoms with E-state index in [2.05, 4.69) is 20.6 Å². The maximum absolute atomic E-state index is 12.8. The zero-order valence-electron chi connectivity index (χ0n) is 16.3. The minimum atomic E-state index is -0.170. The highest BCUT2D eigenvalue weighted by Gasteiger charge is 2.37. The lowest BCUT2D eigenvalue weighted by Gasteiger charge is -2.33. The minimum Gasteiger partial charge on any atom is -0.342 e. The van der Waals surface area contributed by atoms with Crippen LogP contribution in [0, 0.1) is 5.92 Å². The third-order valence-corrected chi connectivity index (χ3v) is 5.94. The van der Waals surface area contributed by atoms with Crippen LogP contribution in [0.2, 0.25) is 0 Å². The number of carbonyl (C=O) groups excluding carboxylic acids is 2. The van der Waals surface area contributed by atoms with Crippen LogP contribution in [0.5, 0.6) is 0 Å². The molecule has 7 heteroatoms. The van der Waals surface area contributed by atoms with Gasteiger partial charge >= 0.3 is 0 Å². The van der Waals surface area contributed by atoms with Gasteiger partial charge in [0.25, 0.3) is 0 Å². The number of hydrogen-bond donors (Lipinski definition) is 0. The molecule has 4 heterocycles. The molecule has 1 atom stereocenters. The summed E-state index contributed by atoms with van der Waals surface area (Å²) in [4.78, 5) is 37.3. The highest BCUT2D eigenvalue weighted by atomic mass is 16.2. The van der Waals surface area contributed by atoms with E-state index in [1.807, 2.05) is 36.5 Å². The molecule has 28 heavy (non-hydrogen) atoms. The summed E-state index contributed by atoms with van der Waals surface area (Å²) in [7, 11) is 0. The molecule has 2 saturated heterocycles. The van der Waals surface area contributed by atoms with Gasteiger partial charge in [0.05, 0.1) is 12.5 Å². The second-order valence-electron chi connectivity index (χ2n) is 7.71. The van der Waals surface area contributed by atoms with Crippen molar-refractivity contribution < 1.29 is 9.59 Å². The summed E-state index contributed by atoms with van der Waals surface area (Å²) in [6.45, 7) is 5.46. The first kappa shape index (κ1) is 18.7. The number of nitrogens with zero attached hydrogens (tertiary/aromatic N) is 5. The Hall–Kier alpha value is -2.70. The molecule has 0 spiro atoms. The van der Waals surface area contributed by atoms with E-state index < -0.39 is 0 Å². The molecule has 0 aromatic carbocycles. The van der Waals surface area contributed by atoms with E-state index in [-0.39, 0.29) is 17.7 Å². The number of aromatic nitrogens is 3. The van der Waals surface area contributed by atoms with Gasteiger partial charge in [0.15, 0.2) is 0 Å². The lowest BCUT2D eigenvalue weighted by molar-refractivity contribution is -0.136. The van der Waals surface area contributed by atoms with Crippen LogP contribution < -0.4 is 0 Å². The van der Waals surface area contributed by atoms with Gasteiger partial charge in [-0.2, -0.15) is 0 Å². The first-order chi connectivity index (χ1) is 13.7. The Labute approximate surface area is 165 Å². The molecule has 2 aliphatic rings. The van der Waals surface area contributed by atoms with Gasteiger partial charge in [-0.15, -0.1) is 0 Å². The molecule has 0 N–H and O–H groups in total. The number of amides is 2. The van der Waals surface area contributed by atoms with Gasteiger partial charge in [-0.25, -0.2) is 4.98 Å². The van der Waals surface area contributed by atoms with E-state index in [9.17, 15) is 9.59 Å². The number of hydrogen-bond acceptors (Lipinski definition) is 4. The molecule has 1 unspecified atom stereocenters. The topological polar surface area (TPSA) is 71.3 Å². The van der Waals surface area contributed by atoms with Gasteiger partial charge in [-0.05, 0) is 31.4 Å². The van der Waals surface area contributed by atoms with Gasteiger partial charge in [-0.3, -0.25) is 14.6 Å². The van der Waals surface area contributed by atoms with Gasteiger partial charge in [-0.1, -0.05) is 6.07 Å². The molecule has 148 valence electrons. The predicted molar refractivity (Wildman–Crippen MR) is 104 cm³/mol. The van der Waals surface area contributed by atoms with Crippen molar-refractivity contribution in [2.75, 3.05) is 26.2 Å². The Morgan fingerprint density at radius 2 is 2.07 bits per heavy atom. The second-order valence-corrected chi connectivity index (χ2v) is 7.71. The lowest BCUT2D eigenvalue weighted by atomic mass is 9.94. The summed E-state index contributed by atoms with van der Waals surface area (Å²) in [5, 5.41) is 0. The molecule has 2 aliphatic heterocycles. The van der Waals surface area contributed by atoms with Gasteiger partial charge in [0, 0.05) is 63.3 Å². The number of carbonyl (C=O) groups is 2. The smallest absolute Gasteiger partial charge is 0.227 e. The van der Waals surface area contributed by atoms with E-state index in [4.69, 9.17) is 0 Å². The first-order valence-corrected chi connectivity index (χ1v) is 10.1. The largest absolute Gasteiger partial charge is 0.342 e. The molecule has 2 aromatic rings. The highest BCUT2D eigenvalue weighted by Crippen LogP contribution is 2.29. The van der Waals surface area contributed by atoms with Crippen molar-refractivity contribution >= 4 is 11.8 Å². The molecular weight excluding hydrogens is 354 g/mol. The molecule has 0 bridgehead atoms. The summed E-state index contributed by atoms with van der Waals surface area (Å²) >= 11 is 0. The number of imidazole rings is 1. The average molecular weight is 381 g/mol. The Kier molecular flexibility index (Phi) is 5.41. The maximum Gasteiger partial charge on any atom is 0.227 e. The van der Waals surface area contributed by atoms with Crippen LogP contribution in [0.3, 0.4) is 0 Å². The van der Waals surface area contributed by atoms with Crippen LogP contribution in [0.1, 0.15) is 43.5 Å². The molecule has 0 radical (unpaired) electrons. The SMILES string of the molecule is CCN1CC(C(=O)N2CCC(c3nccn3Cc3cccnc3)CC2)CC1=O. The Morgan fingerprint density at radius 1 is 1.25 bits per heavy atom. The van der Waals surface area contributed by atoms with Gasteiger partial charge in [0.1, 0.15) is 5.82 Å². The fourth-order valence-electron chi connectivity index (χ4n) is 4.36. The molecule has 7 nitrogen and oxygen atoms in total. The Bertz CT molecular complexity index is 826. The average Bonchev–Trinajstić information content (AvgIpc) is 3.34. The Balaban J connectivity index is 1.36. The molecule has 4 rings (SSSR count). The third-order valence-electron chi connectivity index (χ3n) is 5.94. The van der Waals surface area contributed by atoms with Crippen LogP contribution in [0.15, 0.2) is 36.9 Å². The normalized spacial score (nSPS) is 20.8. The fourth-order valence-corrected chi connectivity index (χ4v) is 4.36. The molecular formula is C21H27N5O2. The van der Waals surface area contributed by atoms with Crippen molar-refractivity contribution in [2.24, 2.45) is 5.92 Å². The van der Waals surface area contributed by atoms with E-state index in [1.54, 1.807) is 11.1 Å². The molecule has 2 aromatic heterocycles. The lowest BCUT2D eigenvalue weighted by Crippen LogP contribution is -2.42. The molecule has 0 saturated carbocycles. The van der Waals surface area contributed by atoms with Gasteiger partial charge in [0.2, 0.25) is 11.8 Å². The number of piperidine rings is 1. The predicted octanol–water partition coefficient (Wildman–Crippen LogP) is 1.90. The van der Waals surface area contributed by atoms with Crippen LogP contribution in [-0.4, -0.2) is 62.3 Å². The van der Waals surface area contributed by atoms with Gasteiger partial charge < -0.3 is 14.4 Å². The van der Waals surface area contributed by atoms with E-state index >= 15 is 0 Å². The van der Waals surface area contributed by atoms with E-state index in [1.165, 1.54) is 0 Å². The van der Waals surface area contributed by atoms with Crippen molar-refractivity contribution in [3.8, 4) is 0 Å². The standard InChI is InChI=1S/C21H27N5O2/c1-2-24-15-18(12-19(24)27)21(28)25-9-5-17(6-10-25)20-23-8-11-26(20)14-16-4-3-7-22-13-16/h3-4,7-8,11,13,17-18H,2,5-6,9-10,12,14-15H2,1H3. The Morgan fingerprint density at radius 3 is 2.75 bits per heavy atom. The van der Waals surface area contributed by atoms with Crippen LogP contribution in [0.25, 0.3) is 0 Å². The number of rotatable bonds is 5. The van der Waals surface area contributed by atoms with Crippen molar-refractivity contribution in [3.63, 3.8) is 0 Å². The zero-order valence-corrected chi connectivity index (χ0v) is 16.3. The second kappa shape index (κ2) is 8.12. The quantitative estimate of drug-likeness (QED) is 0.793. The van der Waals surface area contributed by atoms with E-state index in [0.29, 0.717) is 25.4 Å². The fraction of sp³-hybridized carbons (Fsp3) is 0.524. The first-order valence-electron chi connectivity index (χ1n) is 10.1. The molecule has 2 fully saturated rings. The van der Waals surface area contributed by atoms with E-state index in [0.717, 1.165) is 43.9 Å². The van der Waals surface area contributed by atoms with Crippen LogP contribution in [0.4, 0.5) is 0 Å². The number of likely N-dealkylation sites (tertiary alicyclic amines) is 2. The minimum absolute atomic E-state index is 0.105. The van der Waals surface area contributed by atoms with Crippen molar-refractivity contribution in [1.29, 1.82) is 0 Å². The van der Waals surface area contributed by atoms with Crippen LogP contribution in [-0.2, 0) is 16.1 Å². The summed E-state index contributed by atoms with van der Waals surface area (Å²) in [6, 6.07) is 4.02. The zero-order chi connectivity index (χ0) is 19.5. The molecule has 0 aliphatic carbocycles. The molecule has 2 amide bonds. The van der Waals surface area contributed by atoms with Crippen LogP contribution >= 0.6 is 0 Å². The maximum atomic E-state index is 12.8. The monoisotopic (exact) mass is 381 g/mol.